The second-order valence-corrected chi connectivity index (χ2v) is 6.68. The molecule has 0 radical (unpaired) electrons. The molecule has 1 amide bonds. The Hall–Kier alpha value is -2.34. The maximum atomic E-state index is 13.0. The number of rotatable bonds is 6. The summed E-state index contributed by atoms with van der Waals surface area (Å²) in [5.41, 5.74) is 0.641. The number of likely N-dealkylation sites (N-methyl/N-ethyl adjacent to an activating group) is 1. The summed E-state index contributed by atoms with van der Waals surface area (Å²) >= 11 is 0. The van der Waals surface area contributed by atoms with E-state index in [9.17, 15) is 4.79 Å². The highest BCUT2D eigenvalue weighted by Gasteiger charge is 2.27. The number of piperidine rings is 1. The van der Waals surface area contributed by atoms with E-state index in [0.717, 1.165) is 25.9 Å². The average molecular weight is 342 g/mol. The predicted octanol–water partition coefficient (Wildman–Crippen LogP) is 2.30. The molecule has 2 aromatic rings. The number of aromatic nitrogens is 2. The van der Waals surface area contributed by atoms with Crippen molar-refractivity contribution in [2.75, 3.05) is 40.3 Å². The predicted molar refractivity (Wildman–Crippen MR) is 96.9 cm³/mol. The van der Waals surface area contributed by atoms with E-state index >= 15 is 0 Å². The molecule has 1 fully saturated rings. The van der Waals surface area contributed by atoms with Crippen molar-refractivity contribution in [1.29, 1.82) is 0 Å². The fraction of sp³-hybridized carbons (Fsp3) is 0.474. The molecule has 0 saturated carbocycles. The second kappa shape index (κ2) is 8.16. The Morgan fingerprint density at radius 3 is 2.92 bits per heavy atom. The molecule has 0 aliphatic carbocycles. The van der Waals surface area contributed by atoms with Gasteiger partial charge in [0.05, 0.1) is 11.6 Å². The van der Waals surface area contributed by atoms with Crippen LogP contribution >= 0.6 is 0 Å². The van der Waals surface area contributed by atoms with Crippen LogP contribution < -0.4 is 4.74 Å². The van der Waals surface area contributed by atoms with Crippen LogP contribution in [0, 0.1) is 0 Å². The summed E-state index contributed by atoms with van der Waals surface area (Å²) in [6, 6.07) is 9.69. The summed E-state index contributed by atoms with van der Waals surface area (Å²) < 4.78 is 7.81. The molecule has 0 bridgehead atoms. The van der Waals surface area contributed by atoms with Crippen molar-refractivity contribution >= 4 is 5.91 Å². The Balaban J connectivity index is 1.70. The Morgan fingerprint density at radius 2 is 2.16 bits per heavy atom. The van der Waals surface area contributed by atoms with Gasteiger partial charge in [-0.25, -0.2) is 0 Å². The van der Waals surface area contributed by atoms with Crippen LogP contribution in [0.5, 0.6) is 5.75 Å². The third-order valence-electron chi connectivity index (χ3n) is 4.50. The first-order chi connectivity index (χ1) is 12.1. The average Bonchev–Trinajstić information content (AvgIpc) is 3.16. The Kier molecular flexibility index (Phi) is 5.71. The van der Waals surface area contributed by atoms with Gasteiger partial charge in [0.1, 0.15) is 12.4 Å². The van der Waals surface area contributed by atoms with Gasteiger partial charge in [-0.15, -0.1) is 0 Å². The van der Waals surface area contributed by atoms with Crippen molar-refractivity contribution in [3.63, 3.8) is 0 Å². The number of likely N-dealkylation sites (tertiary alicyclic amines) is 1. The summed E-state index contributed by atoms with van der Waals surface area (Å²) in [6.07, 6.45) is 5.79. The van der Waals surface area contributed by atoms with Crippen LogP contribution in [0.3, 0.4) is 0 Å². The largest absolute Gasteiger partial charge is 0.491 e. The van der Waals surface area contributed by atoms with E-state index in [2.05, 4.69) is 10.00 Å². The summed E-state index contributed by atoms with van der Waals surface area (Å²) in [7, 11) is 4.01. The zero-order valence-corrected chi connectivity index (χ0v) is 15.0. The maximum absolute atomic E-state index is 13.0. The quantitative estimate of drug-likeness (QED) is 0.808. The molecule has 0 spiro atoms. The van der Waals surface area contributed by atoms with Gasteiger partial charge in [0.25, 0.3) is 5.91 Å². The molecule has 1 atom stereocenters. The lowest BCUT2D eigenvalue weighted by molar-refractivity contribution is 0.0668. The van der Waals surface area contributed by atoms with Crippen LogP contribution in [0.25, 0.3) is 0 Å². The van der Waals surface area contributed by atoms with E-state index < -0.39 is 0 Å². The van der Waals surface area contributed by atoms with Gasteiger partial charge >= 0.3 is 0 Å². The van der Waals surface area contributed by atoms with Gasteiger partial charge in [-0.05, 0) is 45.1 Å². The number of nitrogens with zero attached hydrogens (tertiary/aromatic N) is 4. The van der Waals surface area contributed by atoms with E-state index in [1.54, 1.807) is 6.20 Å². The van der Waals surface area contributed by atoms with Crippen molar-refractivity contribution in [3.05, 3.63) is 48.3 Å². The lowest BCUT2D eigenvalue weighted by Gasteiger charge is -2.33. The zero-order valence-electron chi connectivity index (χ0n) is 15.0. The molecule has 6 nitrogen and oxygen atoms in total. The zero-order chi connectivity index (χ0) is 17.6. The fourth-order valence-electron chi connectivity index (χ4n) is 3.13. The van der Waals surface area contributed by atoms with Crippen molar-refractivity contribution < 1.29 is 9.53 Å². The minimum atomic E-state index is 0.0392. The summed E-state index contributed by atoms with van der Waals surface area (Å²) in [5.74, 6) is 0.702. The van der Waals surface area contributed by atoms with E-state index in [1.807, 2.05) is 60.2 Å². The number of carbonyl (C=O) groups is 1. The van der Waals surface area contributed by atoms with Crippen LogP contribution in [0.4, 0.5) is 0 Å². The number of para-hydroxylation sites is 1. The molecule has 1 aliphatic heterocycles. The standard InChI is InChI=1S/C19H26N4O2/c1-21(2)13-14-25-18-9-4-3-8-17(18)19(24)22-11-5-7-16(15-22)23-12-6-10-20-23/h3-4,6,8-10,12,16H,5,7,11,13-15H2,1-2H3/t16-/m1/s1. The van der Waals surface area contributed by atoms with Crippen LogP contribution in [0.2, 0.25) is 0 Å². The number of hydrogen-bond acceptors (Lipinski definition) is 4. The highest BCUT2D eigenvalue weighted by atomic mass is 16.5. The van der Waals surface area contributed by atoms with Gasteiger partial charge in [0.15, 0.2) is 0 Å². The number of ether oxygens (including phenoxy) is 1. The molecule has 1 aliphatic rings. The molecular weight excluding hydrogens is 316 g/mol. The molecule has 3 rings (SSSR count). The Morgan fingerprint density at radius 1 is 1.32 bits per heavy atom. The van der Waals surface area contributed by atoms with Gasteiger partial charge in [-0.1, -0.05) is 12.1 Å². The first kappa shape index (κ1) is 17.5. The van der Waals surface area contributed by atoms with E-state index in [1.165, 1.54) is 0 Å². The SMILES string of the molecule is CN(C)CCOc1ccccc1C(=O)N1CCC[C@@H](n2cccn2)C1. The number of benzene rings is 1. The minimum Gasteiger partial charge on any atom is -0.491 e. The molecule has 0 unspecified atom stereocenters. The molecule has 25 heavy (non-hydrogen) atoms. The lowest BCUT2D eigenvalue weighted by Crippen LogP contribution is -2.41. The van der Waals surface area contributed by atoms with Crippen LogP contribution in [0.1, 0.15) is 29.2 Å². The van der Waals surface area contributed by atoms with Crippen LogP contribution in [-0.4, -0.2) is 65.8 Å². The van der Waals surface area contributed by atoms with E-state index in [4.69, 9.17) is 4.74 Å². The normalized spacial score (nSPS) is 17.7. The highest BCUT2D eigenvalue weighted by molar-refractivity contribution is 5.97. The summed E-state index contributed by atoms with van der Waals surface area (Å²) in [4.78, 5) is 17.0. The van der Waals surface area contributed by atoms with Gasteiger partial charge in [-0.2, -0.15) is 5.10 Å². The first-order valence-corrected chi connectivity index (χ1v) is 8.80. The lowest BCUT2D eigenvalue weighted by atomic mass is 10.0. The number of hydrogen-bond donors (Lipinski definition) is 0. The van der Waals surface area contributed by atoms with Crippen molar-refractivity contribution in [2.24, 2.45) is 0 Å². The highest BCUT2D eigenvalue weighted by Crippen LogP contribution is 2.25. The van der Waals surface area contributed by atoms with E-state index in [0.29, 0.717) is 24.5 Å². The van der Waals surface area contributed by atoms with Crippen LogP contribution in [-0.2, 0) is 0 Å². The Bertz CT molecular complexity index is 684. The molecule has 1 saturated heterocycles. The van der Waals surface area contributed by atoms with Crippen molar-refractivity contribution in [3.8, 4) is 5.75 Å². The van der Waals surface area contributed by atoms with Gasteiger partial charge in [0, 0.05) is 32.0 Å². The monoisotopic (exact) mass is 342 g/mol. The van der Waals surface area contributed by atoms with E-state index in [-0.39, 0.29) is 11.9 Å². The molecule has 1 aromatic carbocycles. The number of carbonyl (C=O) groups excluding carboxylic acids is 1. The Labute approximate surface area is 149 Å². The smallest absolute Gasteiger partial charge is 0.257 e. The molecule has 0 N–H and O–H groups in total. The maximum Gasteiger partial charge on any atom is 0.257 e. The van der Waals surface area contributed by atoms with Gasteiger partial charge < -0.3 is 14.5 Å². The van der Waals surface area contributed by atoms with Crippen molar-refractivity contribution in [2.45, 2.75) is 18.9 Å². The summed E-state index contributed by atoms with van der Waals surface area (Å²) in [6.45, 7) is 2.84. The van der Waals surface area contributed by atoms with Gasteiger partial charge in [0.2, 0.25) is 0 Å². The van der Waals surface area contributed by atoms with Crippen molar-refractivity contribution in [1.82, 2.24) is 19.6 Å². The first-order valence-electron chi connectivity index (χ1n) is 8.80. The second-order valence-electron chi connectivity index (χ2n) is 6.68. The molecular formula is C19H26N4O2. The van der Waals surface area contributed by atoms with Crippen LogP contribution in [0.15, 0.2) is 42.7 Å². The fourth-order valence-corrected chi connectivity index (χ4v) is 3.13. The minimum absolute atomic E-state index is 0.0392. The third-order valence-corrected chi connectivity index (χ3v) is 4.50. The third kappa shape index (κ3) is 4.39. The molecule has 6 heteroatoms. The summed E-state index contributed by atoms with van der Waals surface area (Å²) in [5, 5.41) is 4.33. The van der Waals surface area contributed by atoms with Gasteiger partial charge in [-0.3, -0.25) is 9.48 Å². The molecule has 134 valence electrons. The molecule has 1 aromatic heterocycles. The number of amides is 1. The molecule has 2 heterocycles. The topological polar surface area (TPSA) is 50.6 Å².